The van der Waals surface area contributed by atoms with E-state index >= 15 is 0 Å². The van der Waals surface area contributed by atoms with Crippen molar-refractivity contribution in [3.05, 3.63) is 29.8 Å². The number of benzene rings is 1. The number of aromatic hydroxyl groups is 1. The first-order valence-electron chi connectivity index (χ1n) is 4.62. The summed E-state index contributed by atoms with van der Waals surface area (Å²) in [5, 5.41) is 19.6. The maximum absolute atomic E-state index is 10.2. The van der Waals surface area contributed by atoms with Crippen molar-refractivity contribution in [2.75, 3.05) is 27.4 Å². The minimum Gasteiger partial charge on any atom is -0.508 e. The maximum atomic E-state index is 10.2. The van der Waals surface area contributed by atoms with Gasteiger partial charge >= 0.3 is 0 Å². The highest BCUT2D eigenvalue weighted by Crippen LogP contribution is 2.24. The summed E-state index contributed by atoms with van der Waals surface area (Å²) >= 11 is 0. The van der Waals surface area contributed by atoms with E-state index in [1.165, 1.54) is 20.3 Å². The van der Waals surface area contributed by atoms with Crippen molar-refractivity contribution in [1.29, 1.82) is 0 Å². The molecule has 0 amide bonds. The first-order valence-corrected chi connectivity index (χ1v) is 4.62. The Labute approximate surface area is 89.1 Å². The van der Waals surface area contributed by atoms with Crippen LogP contribution < -0.4 is 0 Å². The molecule has 0 fully saturated rings. The molecule has 0 saturated heterocycles. The summed E-state index contributed by atoms with van der Waals surface area (Å²) in [4.78, 5) is 0. The number of hydrogen-bond donors (Lipinski definition) is 2. The fourth-order valence-corrected chi connectivity index (χ4v) is 1.48. The van der Waals surface area contributed by atoms with Gasteiger partial charge in [-0.15, -0.1) is 0 Å². The van der Waals surface area contributed by atoms with Crippen LogP contribution in [0, 0.1) is 0 Å². The van der Waals surface area contributed by atoms with Crippen molar-refractivity contribution in [2.45, 2.75) is 5.60 Å². The quantitative estimate of drug-likeness (QED) is 0.760. The zero-order chi connectivity index (χ0) is 11.3. The summed E-state index contributed by atoms with van der Waals surface area (Å²) in [7, 11) is 3.01. The predicted molar refractivity (Wildman–Crippen MR) is 55.8 cm³/mol. The summed E-state index contributed by atoms with van der Waals surface area (Å²) in [6, 6.07) is 6.43. The first kappa shape index (κ1) is 12.0. The van der Waals surface area contributed by atoms with Crippen LogP contribution >= 0.6 is 0 Å². The Morgan fingerprint density at radius 2 is 1.80 bits per heavy atom. The molecule has 0 heterocycles. The van der Waals surface area contributed by atoms with Crippen LogP contribution in [-0.2, 0) is 15.1 Å². The third-order valence-electron chi connectivity index (χ3n) is 2.15. The molecular formula is C11H16O4. The molecule has 0 atom stereocenters. The van der Waals surface area contributed by atoms with Gasteiger partial charge in [-0.2, -0.15) is 0 Å². The van der Waals surface area contributed by atoms with Crippen LogP contribution in [-0.4, -0.2) is 37.6 Å². The first-order chi connectivity index (χ1) is 7.12. The van der Waals surface area contributed by atoms with Crippen molar-refractivity contribution >= 4 is 0 Å². The van der Waals surface area contributed by atoms with Crippen LogP contribution in [0.3, 0.4) is 0 Å². The highest BCUT2D eigenvalue weighted by molar-refractivity contribution is 5.31. The molecular weight excluding hydrogens is 196 g/mol. The molecule has 0 unspecified atom stereocenters. The van der Waals surface area contributed by atoms with Crippen LogP contribution in [0.1, 0.15) is 5.56 Å². The van der Waals surface area contributed by atoms with Crippen molar-refractivity contribution in [3.8, 4) is 5.75 Å². The van der Waals surface area contributed by atoms with Gasteiger partial charge in [0.15, 0.2) is 0 Å². The molecule has 0 saturated carbocycles. The summed E-state index contributed by atoms with van der Waals surface area (Å²) in [5.74, 6) is 0.109. The van der Waals surface area contributed by atoms with Crippen LogP contribution in [0.5, 0.6) is 5.75 Å². The lowest BCUT2D eigenvalue weighted by molar-refractivity contribution is -0.0824. The van der Waals surface area contributed by atoms with Crippen molar-refractivity contribution in [2.24, 2.45) is 0 Å². The predicted octanol–water partition coefficient (Wildman–Crippen LogP) is 0.873. The Kier molecular flexibility index (Phi) is 4.08. The summed E-state index contributed by atoms with van der Waals surface area (Å²) < 4.78 is 9.88. The van der Waals surface area contributed by atoms with Crippen LogP contribution in [0.15, 0.2) is 24.3 Å². The lowest BCUT2D eigenvalue weighted by atomic mass is 9.95. The zero-order valence-corrected chi connectivity index (χ0v) is 8.93. The molecule has 0 bridgehead atoms. The molecule has 0 aromatic heterocycles. The van der Waals surface area contributed by atoms with Gasteiger partial charge in [-0.25, -0.2) is 0 Å². The van der Waals surface area contributed by atoms with Gasteiger partial charge in [0.05, 0.1) is 13.2 Å². The second-order valence-corrected chi connectivity index (χ2v) is 3.45. The summed E-state index contributed by atoms with van der Waals surface area (Å²) in [6.07, 6.45) is 0. The average Bonchev–Trinajstić information content (AvgIpc) is 2.18. The second kappa shape index (κ2) is 5.11. The molecule has 0 radical (unpaired) electrons. The second-order valence-electron chi connectivity index (χ2n) is 3.45. The lowest BCUT2D eigenvalue weighted by Gasteiger charge is -2.27. The molecule has 1 rings (SSSR count). The van der Waals surface area contributed by atoms with E-state index in [4.69, 9.17) is 9.47 Å². The molecule has 2 N–H and O–H groups in total. The van der Waals surface area contributed by atoms with Crippen molar-refractivity contribution < 1.29 is 19.7 Å². The number of phenolic OH excluding ortho intramolecular Hbond substituents is 1. The van der Waals surface area contributed by atoms with Gasteiger partial charge in [0, 0.05) is 14.2 Å². The molecule has 4 heteroatoms. The minimum absolute atomic E-state index is 0.109. The Balaban J connectivity index is 2.97. The maximum Gasteiger partial charge on any atom is 0.136 e. The number of hydrogen-bond acceptors (Lipinski definition) is 4. The van der Waals surface area contributed by atoms with Crippen molar-refractivity contribution in [3.63, 3.8) is 0 Å². The van der Waals surface area contributed by atoms with E-state index in [9.17, 15) is 10.2 Å². The number of rotatable bonds is 5. The van der Waals surface area contributed by atoms with Crippen LogP contribution in [0.2, 0.25) is 0 Å². The van der Waals surface area contributed by atoms with Crippen molar-refractivity contribution in [1.82, 2.24) is 0 Å². The van der Waals surface area contributed by atoms with E-state index in [-0.39, 0.29) is 19.0 Å². The Hall–Kier alpha value is -1.10. The van der Waals surface area contributed by atoms with Gasteiger partial charge in [-0.1, -0.05) is 12.1 Å². The Bertz CT molecular complexity index is 305. The third-order valence-corrected chi connectivity index (χ3v) is 2.15. The third kappa shape index (κ3) is 2.92. The standard InChI is InChI=1S/C11H16O4/c1-14-7-11(13,8-15-2)9-4-3-5-10(12)6-9/h3-6,12-13H,7-8H2,1-2H3. The zero-order valence-electron chi connectivity index (χ0n) is 8.93. The van der Waals surface area contributed by atoms with Gasteiger partial charge < -0.3 is 19.7 Å². The molecule has 1 aromatic carbocycles. The van der Waals surface area contributed by atoms with Gasteiger partial charge in [0.1, 0.15) is 11.4 Å². The molecule has 0 aliphatic rings. The smallest absolute Gasteiger partial charge is 0.136 e. The van der Waals surface area contributed by atoms with E-state index in [2.05, 4.69) is 0 Å². The molecule has 0 spiro atoms. The highest BCUT2D eigenvalue weighted by Gasteiger charge is 2.29. The molecule has 84 valence electrons. The SMILES string of the molecule is COCC(O)(COC)c1cccc(O)c1. The molecule has 15 heavy (non-hydrogen) atoms. The highest BCUT2D eigenvalue weighted by atomic mass is 16.5. The fourth-order valence-electron chi connectivity index (χ4n) is 1.48. The van der Waals surface area contributed by atoms with Gasteiger partial charge in [0.25, 0.3) is 0 Å². The fraction of sp³-hybridized carbons (Fsp3) is 0.455. The van der Waals surface area contributed by atoms with Crippen LogP contribution in [0.25, 0.3) is 0 Å². The monoisotopic (exact) mass is 212 g/mol. The van der Waals surface area contributed by atoms with E-state index < -0.39 is 5.60 Å². The number of aliphatic hydroxyl groups is 1. The topological polar surface area (TPSA) is 58.9 Å². The Morgan fingerprint density at radius 1 is 1.20 bits per heavy atom. The summed E-state index contributed by atoms with van der Waals surface area (Å²) in [5.41, 5.74) is -0.645. The van der Waals surface area contributed by atoms with Gasteiger partial charge in [0.2, 0.25) is 0 Å². The van der Waals surface area contributed by atoms with E-state index in [0.29, 0.717) is 5.56 Å². The molecule has 1 aromatic rings. The van der Waals surface area contributed by atoms with Gasteiger partial charge in [-0.3, -0.25) is 0 Å². The molecule has 4 nitrogen and oxygen atoms in total. The van der Waals surface area contributed by atoms with E-state index in [0.717, 1.165) is 0 Å². The average molecular weight is 212 g/mol. The summed E-state index contributed by atoms with van der Waals surface area (Å²) in [6.45, 7) is 0.231. The van der Waals surface area contributed by atoms with Gasteiger partial charge in [-0.05, 0) is 17.7 Å². The molecule has 0 aliphatic carbocycles. The van der Waals surface area contributed by atoms with E-state index in [1.54, 1.807) is 18.2 Å². The number of ether oxygens (including phenoxy) is 2. The normalized spacial score (nSPS) is 11.7. The Morgan fingerprint density at radius 3 is 2.27 bits per heavy atom. The lowest BCUT2D eigenvalue weighted by Crippen LogP contribution is -2.36. The van der Waals surface area contributed by atoms with Crippen LogP contribution in [0.4, 0.5) is 0 Å². The number of phenols is 1. The van der Waals surface area contributed by atoms with E-state index in [1.807, 2.05) is 0 Å². The number of methoxy groups -OCH3 is 2. The molecule has 0 aliphatic heterocycles. The largest absolute Gasteiger partial charge is 0.508 e. The minimum atomic E-state index is -1.22.